The number of hydrogen-bond donors (Lipinski definition) is 2. The van der Waals surface area contributed by atoms with Crippen LogP contribution in [0.3, 0.4) is 0 Å². The van der Waals surface area contributed by atoms with E-state index in [1.54, 1.807) is 43.5 Å². The molecule has 0 aliphatic carbocycles. The van der Waals surface area contributed by atoms with Crippen LogP contribution in [0.4, 0.5) is 22.0 Å². The molecule has 1 aromatic heterocycles. The normalized spacial score (nSPS) is 10.0. The molecule has 2 aromatic rings. The Balaban J connectivity index is 2.03. The topological polar surface area (TPSA) is 63.2 Å². The molecule has 5 nitrogen and oxygen atoms in total. The zero-order valence-electron chi connectivity index (χ0n) is 11.2. The molecule has 0 unspecified atom stereocenters. The number of carbonyl (C=O) groups is 1. The van der Waals surface area contributed by atoms with Crippen LogP contribution in [0.25, 0.3) is 0 Å². The molecule has 21 heavy (non-hydrogen) atoms. The van der Waals surface area contributed by atoms with Gasteiger partial charge in [-0.1, -0.05) is 23.2 Å². The molecule has 0 aliphatic heterocycles. The monoisotopic (exact) mass is 325 g/mol. The Labute approximate surface area is 132 Å². The van der Waals surface area contributed by atoms with Crippen LogP contribution < -0.4 is 10.6 Å². The molecule has 0 radical (unpaired) electrons. The molecule has 1 heterocycles. The fraction of sp³-hybridized carbons (Fsp3) is 0.143. The summed E-state index contributed by atoms with van der Waals surface area (Å²) in [5.74, 6) is 0.404. The van der Waals surface area contributed by atoms with Crippen LogP contribution >= 0.6 is 23.2 Å². The van der Waals surface area contributed by atoms with Crippen molar-refractivity contribution in [2.45, 2.75) is 6.92 Å². The van der Waals surface area contributed by atoms with Crippen molar-refractivity contribution in [3.05, 3.63) is 46.6 Å². The largest absolute Gasteiger partial charge is 0.450 e. The van der Waals surface area contributed by atoms with E-state index in [9.17, 15) is 4.79 Å². The number of nitrogens with zero attached hydrogens (tertiary/aromatic N) is 1. The van der Waals surface area contributed by atoms with Gasteiger partial charge >= 0.3 is 6.09 Å². The van der Waals surface area contributed by atoms with Gasteiger partial charge in [-0.3, -0.25) is 5.32 Å². The molecule has 0 saturated heterocycles. The van der Waals surface area contributed by atoms with Gasteiger partial charge in [-0.25, -0.2) is 9.78 Å². The summed E-state index contributed by atoms with van der Waals surface area (Å²) < 4.78 is 4.76. The third-order valence-corrected chi connectivity index (χ3v) is 3.03. The Bertz CT molecular complexity index is 633. The number of amides is 1. The summed E-state index contributed by atoms with van der Waals surface area (Å²) in [6.45, 7) is 2.04. The minimum absolute atomic E-state index is 0.306. The van der Waals surface area contributed by atoms with Gasteiger partial charge in [0.15, 0.2) is 0 Å². The Morgan fingerprint density at radius 1 is 1.29 bits per heavy atom. The molecule has 0 fully saturated rings. The predicted octanol–water partition coefficient (Wildman–Crippen LogP) is 4.70. The van der Waals surface area contributed by atoms with Gasteiger partial charge in [0.1, 0.15) is 5.82 Å². The van der Waals surface area contributed by atoms with Gasteiger partial charge in [-0.2, -0.15) is 0 Å². The van der Waals surface area contributed by atoms with Crippen molar-refractivity contribution in [3.63, 3.8) is 0 Å². The minimum Gasteiger partial charge on any atom is -0.450 e. The van der Waals surface area contributed by atoms with Crippen molar-refractivity contribution < 1.29 is 9.53 Å². The average Bonchev–Trinajstić information content (AvgIpc) is 2.44. The fourth-order valence-corrected chi connectivity index (χ4v) is 2.02. The predicted molar refractivity (Wildman–Crippen MR) is 84.6 cm³/mol. The van der Waals surface area contributed by atoms with Crippen LogP contribution in [-0.4, -0.2) is 17.7 Å². The number of hydrogen-bond acceptors (Lipinski definition) is 4. The third-order valence-electron chi connectivity index (χ3n) is 2.48. The number of halogens is 2. The van der Waals surface area contributed by atoms with E-state index in [-0.39, 0.29) is 0 Å². The Morgan fingerprint density at radius 3 is 2.71 bits per heavy atom. The second kappa shape index (κ2) is 7.15. The van der Waals surface area contributed by atoms with E-state index in [1.807, 2.05) is 0 Å². The number of pyridine rings is 1. The van der Waals surface area contributed by atoms with E-state index in [0.29, 0.717) is 28.2 Å². The Morgan fingerprint density at radius 2 is 2.10 bits per heavy atom. The summed E-state index contributed by atoms with van der Waals surface area (Å²) >= 11 is 11.9. The van der Waals surface area contributed by atoms with Gasteiger partial charge in [0.2, 0.25) is 0 Å². The van der Waals surface area contributed by atoms with Gasteiger partial charge in [-0.15, -0.1) is 0 Å². The van der Waals surface area contributed by atoms with Crippen molar-refractivity contribution in [1.29, 1.82) is 0 Å². The maximum absolute atomic E-state index is 11.2. The maximum atomic E-state index is 11.2. The summed E-state index contributed by atoms with van der Waals surface area (Å²) in [6, 6.07) is 8.58. The van der Waals surface area contributed by atoms with Crippen LogP contribution in [0.1, 0.15) is 6.92 Å². The highest BCUT2D eigenvalue weighted by molar-refractivity contribution is 6.36. The van der Waals surface area contributed by atoms with E-state index < -0.39 is 6.09 Å². The Kier molecular flexibility index (Phi) is 5.25. The first kappa shape index (κ1) is 15.4. The summed E-state index contributed by atoms with van der Waals surface area (Å²) in [5, 5.41) is 6.69. The summed E-state index contributed by atoms with van der Waals surface area (Å²) in [5.41, 5.74) is 1.45. The molecule has 1 amide bonds. The molecule has 2 N–H and O–H groups in total. The summed E-state index contributed by atoms with van der Waals surface area (Å²) in [4.78, 5) is 15.3. The van der Waals surface area contributed by atoms with E-state index >= 15 is 0 Å². The number of aromatic nitrogens is 1. The van der Waals surface area contributed by atoms with Crippen molar-refractivity contribution in [3.8, 4) is 0 Å². The molecule has 7 heteroatoms. The number of carbonyl (C=O) groups excluding carboxylic acids is 1. The van der Waals surface area contributed by atoms with Crippen molar-refractivity contribution >= 4 is 46.5 Å². The van der Waals surface area contributed by atoms with E-state index in [2.05, 4.69) is 15.6 Å². The van der Waals surface area contributed by atoms with E-state index in [0.717, 1.165) is 5.69 Å². The summed E-state index contributed by atoms with van der Waals surface area (Å²) in [7, 11) is 0. The Hall–Kier alpha value is -1.98. The number of rotatable bonds is 4. The molecule has 110 valence electrons. The molecule has 0 saturated carbocycles. The highest BCUT2D eigenvalue weighted by Crippen LogP contribution is 2.28. The number of nitrogens with one attached hydrogen (secondary N) is 2. The molecular weight excluding hydrogens is 313 g/mol. The molecule has 0 atom stereocenters. The molecule has 2 rings (SSSR count). The van der Waals surface area contributed by atoms with Crippen molar-refractivity contribution in [2.75, 3.05) is 17.2 Å². The van der Waals surface area contributed by atoms with Gasteiger partial charge in [0.05, 0.1) is 29.2 Å². The SMILES string of the molecule is CCOC(=O)Nc1ccc(Nc2ccc(Cl)cc2Cl)cn1. The van der Waals surface area contributed by atoms with Crippen molar-refractivity contribution in [1.82, 2.24) is 4.98 Å². The number of anilines is 3. The summed E-state index contributed by atoms with van der Waals surface area (Å²) in [6.07, 6.45) is 1.04. The molecule has 0 spiro atoms. The fourth-order valence-electron chi connectivity index (χ4n) is 1.56. The lowest BCUT2D eigenvalue weighted by atomic mass is 10.3. The van der Waals surface area contributed by atoms with E-state index in [1.165, 1.54) is 0 Å². The average molecular weight is 326 g/mol. The quantitative estimate of drug-likeness (QED) is 0.855. The number of ether oxygens (including phenoxy) is 1. The van der Waals surface area contributed by atoms with Crippen LogP contribution in [0, 0.1) is 0 Å². The molecular formula is C14H13Cl2N3O2. The lowest BCUT2D eigenvalue weighted by Crippen LogP contribution is -2.14. The maximum Gasteiger partial charge on any atom is 0.412 e. The van der Waals surface area contributed by atoms with E-state index in [4.69, 9.17) is 27.9 Å². The first-order valence-electron chi connectivity index (χ1n) is 6.20. The molecule has 0 bridgehead atoms. The zero-order valence-corrected chi connectivity index (χ0v) is 12.7. The standard InChI is InChI=1S/C14H13Cl2N3O2/c1-2-21-14(20)19-13-6-4-10(8-17-13)18-12-5-3-9(15)7-11(12)16/h3-8,18H,2H2,1H3,(H,17,19,20). The van der Waals surface area contributed by atoms with Crippen LogP contribution in [-0.2, 0) is 4.74 Å². The minimum atomic E-state index is -0.536. The van der Waals surface area contributed by atoms with Crippen molar-refractivity contribution in [2.24, 2.45) is 0 Å². The molecule has 1 aromatic carbocycles. The smallest absolute Gasteiger partial charge is 0.412 e. The van der Waals surface area contributed by atoms with Crippen LogP contribution in [0.15, 0.2) is 36.5 Å². The lowest BCUT2D eigenvalue weighted by molar-refractivity contribution is 0.168. The van der Waals surface area contributed by atoms with Gasteiger partial charge in [-0.05, 0) is 37.3 Å². The van der Waals surface area contributed by atoms with Crippen LogP contribution in [0.5, 0.6) is 0 Å². The van der Waals surface area contributed by atoms with Gasteiger partial charge < -0.3 is 10.1 Å². The second-order valence-electron chi connectivity index (χ2n) is 4.03. The van der Waals surface area contributed by atoms with Gasteiger partial charge in [0.25, 0.3) is 0 Å². The first-order chi connectivity index (χ1) is 10.1. The second-order valence-corrected chi connectivity index (χ2v) is 4.87. The van der Waals surface area contributed by atoms with Crippen LogP contribution in [0.2, 0.25) is 10.0 Å². The number of benzene rings is 1. The first-order valence-corrected chi connectivity index (χ1v) is 6.96. The van der Waals surface area contributed by atoms with Gasteiger partial charge in [0, 0.05) is 5.02 Å². The highest BCUT2D eigenvalue weighted by atomic mass is 35.5. The molecule has 0 aliphatic rings. The third kappa shape index (κ3) is 4.51. The highest BCUT2D eigenvalue weighted by Gasteiger charge is 2.04. The lowest BCUT2D eigenvalue weighted by Gasteiger charge is -2.09. The zero-order chi connectivity index (χ0) is 15.2.